The Bertz CT molecular complexity index is 1150. The normalized spacial score (nSPS) is 11.3. The fourth-order valence-corrected chi connectivity index (χ4v) is 3.15. The summed E-state index contributed by atoms with van der Waals surface area (Å²) in [7, 11) is 0. The smallest absolute Gasteiger partial charge is 0.161 e. The van der Waals surface area contributed by atoms with Crippen LogP contribution in [0.4, 0.5) is 0 Å². The zero-order valence-corrected chi connectivity index (χ0v) is 12.9. The first-order chi connectivity index (χ1) is 11.9. The monoisotopic (exact) mass is 310 g/mol. The number of furan rings is 1. The van der Waals surface area contributed by atoms with Crippen LogP contribution in [0, 0.1) is 0 Å². The summed E-state index contributed by atoms with van der Waals surface area (Å²) in [5.41, 5.74) is 4.95. The van der Waals surface area contributed by atoms with Crippen molar-refractivity contribution in [2.45, 2.75) is 0 Å². The van der Waals surface area contributed by atoms with Gasteiger partial charge in [0, 0.05) is 22.5 Å². The average molecular weight is 310 g/mol. The van der Waals surface area contributed by atoms with Crippen LogP contribution >= 0.6 is 0 Å². The molecule has 0 saturated carbocycles. The molecule has 24 heavy (non-hydrogen) atoms. The first kappa shape index (κ1) is 13.1. The van der Waals surface area contributed by atoms with Crippen molar-refractivity contribution < 1.29 is 4.42 Å². The second-order valence-corrected chi connectivity index (χ2v) is 5.79. The molecule has 0 aliphatic heterocycles. The van der Waals surface area contributed by atoms with Crippen LogP contribution in [0.3, 0.4) is 0 Å². The molecule has 0 atom stereocenters. The van der Waals surface area contributed by atoms with Gasteiger partial charge in [0.25, 0.3) is 0 Å². The SMILES string of the molecule is c1ccc(-c2cnn(-c3cccc4c3oc3ccccc34)c2)cc1. The number of para-hydroxylation sites is 2. The number of fused-ring (bicyclic) bond motifs is 3. The number of rotatable bonds is 2. The predicted octanol–water partition coefficient (Wildman–Crippen LogP) is 5.44. The Balaban J connectivity index is 1.71. The van der Waals surface area contributed by atoms with Crippen LogP contribution in [0.2, 0.25) is 0 Å². The molecule has 0 fully saturated rings. The topological polar surface area (TPSA) is 31.0 Å². The van der Waals surface area contributed by atoms with Crippen LogP contribution in [0.15, 0.2) is 89.6 Å². The quantitative estimate of drug-likeness (QED) is 0.435. The second-order valence-electron chi connectivity index (χ2n) is 5.79. The van der Waals surface area contributed by atoms with Crippen LogP contribution < -0.4 is 0 Å². The van der Waals surface area contributed by atoms with Crippen molar-refractivity contribution in [2.24, 2.45) is 0 Å². The maximum absolute atomic E-state index is 6.09. The van der Waals surface area contributed by atoms with Crippen molar-refractivity contribution in [2.75, 3.05) is 0 Å². The lowest BCUT2D eigenvalue weighted by molar-refractivity contribution is 0.662. The van der Waals surface area contributed by atoms with E-state index < -0.39 is 0 Å². The van der Waals surface area contributed by atoms with Gasteiger partial charge in [0.2, 0.25) is 0 Å². The third-order valence-corrected chi connectivity index (χ3v) is 4.32. The highest BCUT2D eigenvalue weighted by Gasteiger charge is 2.12. The van der Waals surface area contributed by atoms with Gasteiger partial charge in [-0.2, -0.15) is 5.10 Å². The average Bonchev–Trinajstić information content (AvgIpc) is 3.27. The molecule has 0 aliphatic rings. The minimum absolute atomic E-state index is 0.862. The molecular formula is C21H14N2O. The molecule has 0 radical (unpaired) electrons. The summed E-state index contributed by atoms with van der Waals surface area (Å²) >= 11 is 0. The van der Waals surface area contributed by atoms with Crippen LogP contribution in [-0.2, 0) is 0 Å². The van der Waals surface area contributed by atoms with Crippen LogP contribution in [0.25, 0.3) is 38.8 Å². The van der Waals surface area contributed by atoms with E-state index in [2.05, 4.69) is 29.4 Å². The zero-order valence-electron chi connectivity index (χ0n) is 12.9. The van der Waals surface area contributed by atoms with E-state index in [4.69, 9.17) is 4.42 Å². The molecule has 0 unspecified atom stereocenters. The standard InChI is InChI=1S/C21H14N2O/c1-2-7-15(8-3-1)16-13-22-23(14-16)19-11-6-10-18-17-9-4-5-12-20(17)24-21(18)19/h1-14H. The predicted molar refractivity (Wildman–Crippen MR) is 96.3 cm³/mol. The summed E-state index contributed by atoms with van der Waals surface area (Å²) in [6.45, 7) is 0. The molecule has 0 amide bonds. The summed E-state index contributed by atoms with van der Waals surface area (Å²) in [6, 6.07) is 24.5. The van der Waals surface area contributed by atoms with Gasteiger partial charge in [-0.3, -0.25) is 0 Å². The van der Waals surface area contributed by atoms with E-state index in [-0.39, 0.29) is 0 Å². The van der Waals surface area contributed by atoms with Crippen molar-refractivity contribution in [1.82, 2.24) is 9.78 Å². The van der Waals surface area contributed by atoms with Gasteiger partial charge in [0.15, 0.2) is 5.58 Å². The highest BCUT2D eigenvalue weighted by molar-refractivity contribution is 6.07. The minimum atomic E-state index is 0.862. The maximum Gasteiger partial charge on any atom is 0.161 e. The molecule has 114 valence electrons. The lowest BCUT2D eigenvalue weighted by Crippen LogP contribution is -1.93. The van der Waals surface area contributed by atoms with Crippen molar-refractivity contribution in [3.63, 3.8) is 0 Å². The molecule has 5 aromatic rings. The van der Waals surface area contributed by atoms with Gasteiger partial charge < -0.3 is 4.42 Å². The number of aromatic nitrogens is 2. The Morgan fingerprint density at radius 3 is 2.42 bits per heavy atom. The van der Waals surface area contributed by atoms with Crippen LogP contribution in [0.5, 0.6) is 0 Å². The van der Waals surface area contributed by atoms with E-state index in [9.17, 15) is 0 Å². The molecule has 0 N–H and O–H groups in total. The maximum atomic E-state index is 6.09. The molecule has 2 heterocycles. The van der Waals surface area contributed by atoms with E-state index >= 15 is 0 Å². The summed E-state index contributed by atoms with van der Waals surface area (Å²) in [5.74, 6) is 0. The highest BCUT2D eigenvalue weighted by Crippen LogP contribution is 2.32. The Morgan fingerprint density at radius 1 is 0.708 bits per heavy atom. The van der Waals surface area contributed by atoms with E-state index in [1.807, 2.05) is 65.6 Å². The summed E-state index contributed by atoms with van der Waals surface area (Å²) in [6.07, 6.45) is 3.92. The Morgan fingerprint density at radius 2 is 1.50 bits per heavy atom. The number of hydrogen-bond donors (Lipinski definition) is 0. The number of benzene rings is 3. The third kappa shape index (κ3) is 1.95. The number of nitrogens with zero attached hydrogens (tertiary/aromatic N) is 2. The molecule has 0 saturated heterocycles. The molecule has 3 nitrogen and oxygen atoms in total. The van der Waals surface area contributed by atoms with E-state index in [0.29, 0.717) is 0 Å². The van der Waals surface area contributed by atoms with Crippen molar-refractivity contribution >= 4 is 21.9 Å². The van der Waals surface area contributed by atoms with Gasteiger partial charge in [0.05, 0.1) is 6.20 Å². The number of hydrogen-bond acceptors (Lipinski definition) is 2. The first-order valence-electron chi connectivity index (χ1n) is 7.91. The van der Waals surface area contributed by atoms with Crippen LogP contribution in [0.1, 0.15) is 0 Å². The first-order valence-corrected chi connectivity index (χ1v) is 7.91. The van der Waals surface area contributed by atoms with Gasteiger partial charge in [-0.15, -0.1) is 0 Å². The fourth-order valence-electron chi connectivity index (χ4n) is 3.15. The third-order valence-electron chi connectivity index (χ3n) is 4.32. The van der Waals surface area contributed by atoms with Gasteiger partial charge in [-0.05, 0) is 17.7 Å². The Labute approximate surface area is 138 Å². The minimum Gasteiger partial charge on any atom is -0.454 e. The second kappa shape index (κ2) is 5.10. The summed E-state index contributed by atoms with van der Waals surface area (Å²) < 4.78 is 7.97. The van der Waals surface area contributed by atoms with Gasteiger partial charge in [-0.25, -0.2) is 4.68 Å². The highest BCUT2D eigenvalue weighted by atomic mass is 16.3. The van der Waals surface area contributed by atoms with E-state index in [1.165, 1.54) is 0 Å². The van der Waals surface area contributed by atoms with Gasteiger partial charge in [-0.1, -0.05) is 60.7 Å². The molecular weight excluding hydrogens is 296 g/mol. The molecule has 0 aliphatic carbocycles. The Hall–Kier alpha value is -3.33. The summed E-state index contributed by atoms with van der Waals surface area (Å²) in [4.78, 5) is 0. The van der Waals surface area contributed by atoms with Crippen LogP contribution in [-0.4, -0.2) is 9.78 Å². The molecule has 0 bridgehead atoms. The lowest BCUT2D eigenvalue weighted by atomic mass is 10.1. The summed E-state index contributed by atoms with van der Waals surface area (Å²) in [5, 5.41) is 6.78. The van der Waals surface area contributed by atoms with Crippen molar-refractivity contribution in [3.8, 4) is 16.8 Å². The fraction of sp³-hybridized carbons (Fsp3) is 0. The van der Waals surface area contributed by atoms with E-state index in [0.717, 1.165) is 38.8 Å². The molecule has 5 rings (SSSR count). The molecule has 3 aromatic carbocycles. The Kier molecular flexibility index (Phi) is 2.79. The van der Waals surface area contributed by atoms with Crippen molar-refractivity contribution in [3.05, 3.63) is 85.2 Å². The zero-order chi connectivity index (χ0) is 15.9. The van der Waals surface area contributed by atoms with Crippen molar-refractivity contribution in [1.29, 1.82) is 0 Å². The van der Waals surface area contributed by atoms with E-state index in [1.54, 1.807) is 0 Å². The molecule has 3 heteroatoms. The molecule has 0 spiro atoms. The lowest BCUT2D eigenvalue weighted by Gasteiger charge is -2.01. The molecule has 2 aromatic heterocycles. The van der Waals surface area contributed by atoms with Gasteiger partial charge in [0.1, 0.15) is 11.3 Å². The largest absolute Gasteiger partial charge is 0.454 e. The van der Waals surface area contributed by atoms with Gasteiger partial charge >= 0.3 is 0 Å².